The Bertz CT molecular complexity index is 802. The maximum atomic E-state index is 12.5. The summed E-state index contributed by atoms with van der Waals surface area (Å²) in [5.74, 6) is 0.0748. The van der Waals surface area contributed by atoms with Gasteiger partial charge in [-0.2, -0.15) is 13.2 Å². The molecule has 2 aromatic rings. The summed E-state index contributed by atoms with van der Waals surface area (Å²) in [6, 6.07) is 10.4. The number of hydrogen-bond donors (Lipinski definition) is 2. The van der Waals surface area contributed by atoms with E-state index < -0.39 is 17.8 Å². The third kappa shape index (κ3) is 4.14. The monoisotopic (exact) mass is 363 g/mol. The molecule has 26 heavy (non-hydrogen) atoms. The van der Waals surface area contributed by atoms with Crippen LogP contribution in [0.3, 0.4) is 0 Å². The highest BCUT2D eigenvalue weighted by atomic mass is 19.4. The standard InChI is InChI=1S/C18H16F3N3O2/c19-18(20,21)12-3-5-13(6-4-12)22-17(26)23-14-7-9-15(10-8-14)24-11-1-2-16(24)25/h3-10H,1-2,11H2,(H2,22,23,26). The fraction of sp³-hybridized carbons (Fsp3) is 0.222. The number of hydrogen-bond acceptors (Lipinski definition) is 2. The first-order chi connectivity index (χ1) is 12.3. The lowest BCUT2D eigenvalue weighted by molar-refractivity contribution is -0.137. The van der Waals surface area contributed by atoms with E-state index in [0.29, 0.717) is 18.7 Å². The Balaban J connectivity index is 1.58. The summed E-state index contributed by atoms with van der Waals surface area (Å²) in [5.41, 5.74) is 0.733. The molecule has 1 heterocycles. The molecule has 1 aliphatic heterocycles. The number of anilines is 3. The highest BCUT2D eigenvalue weighted by Crippen LogP contribution is 2.30. The van der Waals surface area contributed by atoms with Crippen LogP contribution in [0.5, 0.6) is 0 Å². The third-order valence-corrected chi connectivity index (χ3v) is 3.98. The molecule has 1 saturated heterocycles. The van der Waals surface area contributed by atoms with Crippen LogP contribution in [-0.2, 0) is 11.0 Å². The molecule has 0 unspecified atom stereocenters. The van der Waals surface area contributed by atoms with Gasteiger partial charge in [-0.3, -0.25) is 4.79 Å². The largest absolute Gasteiger partial charge is 0.416 e. The van der Waals surface area contributed by atoms with Gasteiger partial charge < -0.3 is 15.5 Å². The van der Waals surface area contributed by atoms with Crippen molar-refractivity contribution >= 4 is 29.0 Å². The van der Waals surface area contributed by atoms with Gasteiger partial charge in [0, 0.05) is 30.0 Å². The molecule has 0 atom stereocenters. The highest BCUT2D eigenvalue weighted by Gasteiger charge is 2.30. The highest BCUT2D eigenvalue weighted by molar-refractivity contribution is 6.00. The summed E-state index contributed by atoms with van der Waals surface area (Å²) in [7, 11) is 0. The Kier molecular flexibility index (Phi) is 4.83. The van der Waals surface area contributed by atoms with Crippen LogP contribution in [0.2, 0.25) is 0 Å². The summed E-state index contributed by atoms with van der Waals surface area (Å²) < 4.78 is 37.5. The number of amides is 3. The molecule has 1 fully saturated rings. The lowest BCUT2D eigenvalue weighted by Gasteiger charge is -2.16. The molecule has 136 valence electrons. The van der Waals surface area contributed by atoms with Gasteiger partial charge in [-0.25, -0.2) is 4.79 Å². The topological polar surface area (TPSA) is 61.4 Å². The average Bonchev–Trinajstić information content (AvgIpc) is 3.01. The van der Waals surface area contributed by atoms with Crippen molar-refractivity contribution in [3.63, 3.8) is 0 Å². The molecule has 0 aromatic heterocycles. The molecule has 2 aromatic carbocycles. The number of nitrogens with zero attached hydrogens (tertiary/aromatic N) is 1. The molecule has 0 radical (unpaired) electrons. The molecule has 1 aliphatic rings. The van der Waals surface area contributed by atoms with Crippen molar-refractivity contribution in [1.82, 2.24) is 0 Å². The fourth-order valence-electron chi connectivity index (χ4n) is 2.68. The molecule has 5 nitrogen and oxygen atoms in total. The molecule has 3 amide bonds. The number of carbonyl (C=O) groups excluding carboxylic acids is 2. The van der Waals surface area contributed by atoms with Crippen LogP contribution in [0.1, 0.15) is 18.4 Å². The first-order valence-electron chi connectivity index (χ1n) is 7.98. The third-order valence-electron chi connectivity index (χ3n) is 3.98. The zero-order valence-corrected chi connectivity index (χ0v) is 13.6. The minimum Gasteiger partial charge on any atom is -0.312 e. The molecule has 0 spiro atoms. The predicted octanol–water partition coefficient (Wildman–Crippen LogP) is 4.48. The Labute approximate surface area is 147 Å². The summed E-state index contributed by atoms with van der Waals surface area (Å²) in [6.07, 6.45) is -3.05. The van der Waals surface area contributed by atoms with E-state index in [0.717, 1.165) is 24.2 Å². The first kappa shape index (κ1) is 17.8. The van der Waals surface area contributed by atoms with Gasteiger partial charge in [0.2, 0.25) is 5.91 Å². The van der Waals surface area contributed by atoms with E-state index in [-0.39, 0.29) is 11.6 Å². The van der Waals surface area contributed by atoms with E-state index in [1.807, 2.05) is 0 Å². The molecular weight excluding hydrogens is 347 g/mol. The van der Waals surface area contributed by atoms with E-state index in [9.17, 15) is 22.8 Å². The van der Waals surface area contributed by atoms with Gasteiger partial charge in [0.1, 0.15) is 0 Å². The summed E-state index contributed by atoms with van der Waals surface area (Å²) in [6.45, 7) is 0.681. The van der Waals surface area contributed by atoms with Crippen molar-refractivity contribution in [2.24, 2.45) is 0 Å². The number of nitrogens with one attached hydrogen (secondary N) is 2. The lowest BCUT2D eigenvalue weighted by atomic mass is 10.2. The van der Waals surface area contributed by atoms with E-state index in [4.69, 9.17) is 0 Å². The number of alkyl halides is 3. The Hall–Kier alpha value is -3.03. The van der Waals surface area contributed by atoms with E-state index in [2.05, 4.69) is 10.6 Å². The zero-order chi connectivity index (χ0) is 18.7. The van der Waals surface area contributed by atoms with Crippen molar-refractivity contribution in [3.05, 3.63) is 54.1 Å². The molecule has 0 saturated carbocycles. The van der Waals surface area contributed by atoms with Crippen molar-refractivity contribution in [2.75, 3.05) is 22.1 Å². The number of urea groups is 1. The van der Waals surface area contributed by atoms with Crippen LogP contribution in [0, 0.1) is 0 Å². The number of benzene rings is 2. The molecule has 2 N–H and O–H groups in total. The molecule has 3 rings (SSSR count). The van der Waals surface area contributed by atoms with Gasteiger partial charge in [-0.15, -0.1) is 0 Å². The van der Waals surface area contributed by atoms with Gasteiger partial charge in [0.05, 0.1) is 5.56 Å². The maximum absolute atomic E-state index is 12.5. The second kappa shape index (κ2) is 7.07. The summed E-state index contributed by atoms with van der Waals surface area (Å²) in [4.78, 5) is 25.3. The Morgan fingerprint density at radius 1 is 0.923 bits per heavy atom. The number of carbonyl (C=O) groups is 2. The SMILES string of the molecule is O=C(Nc1ccc(N2CCCC2=O)cc1)Nc1ccc(C(F)(F)F)cc1. The first-order valence-corrected chi connectivity index (χ1v) is 7.98. The van der Waals surface area contributed by atoms with Crippen LogP contribution < -0.4 is 15.5 Å². The molecule has 0 aliphatic carbocycles. The molecule has 0 bridgehead atoms. The van der Waals surface area contributed by atoms with Gasteiger partial charge in [-0.1, -0.05) is 0 Å². The maximum Gasteiger partial charge on any atom is 0.416 e. The smallest absolute Gasteiger partial charge is 0.312 e. The average molecular weight is 363 g/mol. The van der Waals surface area contributed by atoms with E-state index in [1.165, 1.54) is 12.1 Å². The second-order valence-electron chi connectivity index (χ2n) is 5.85. The van der Waals surface area contributed by atoms with Crippen molar-refractivity contribution < 1.29 is 22.8 Å². The Morgan fingerprint density at radius 2 is 1.46 bits per heavy atom. The van der Waals surface area contributed by atoms with Crippen LogP contribution in [0.25, 0.3) is 0 Å². The van der Waals surface area contributed by atoms with Crippen molar-refractivity contribution in [3.8, 4) is 0 Å². The summed E-state index contributed by atoms with van der Waals surface area (Å²) >= 11 is 0. The molecule has 8 heteroatoms. The second-order valence-corrected chi connectivity index (χ2v) is 5.85. The van der Waals surface area contributed by atoms with Crippen LogP contribution in [-0.4, -0.2) is 18.5 Å². The van der Waals surface area contributed by atoms with Gasteiger partial charge in [-0.05, 0) is 55.0 Å². The fourth-order valence-corrected chi connectivity index (χ4v) is 2.68. The minimum absolute atomic E-state index is 0.0748. The van der Waals surface area contributed by atoms with Crippen LogP contribution in [0.15, 0.2) is 48.5 Å². The number of rotatable bonds is 3. The summed E-state index contributed by atoms with van der Waals surface area (Å²) in [5, 5.41) is 5.05. The normalized spacial score (nSPS) is 14.4. The predicted molar refractivity (Wildman–Crippen MR) is 92.1 cm³/mol. The lowest BCUT2D eigenvalue weighted by Crippen LogP contribution is -2.23. The van der Waals surface area contributed by atoms with Crippen LogP contribution in [0.4, 0.5) is 35.0 Å². The van der Waals surface area contributed by atoms with Gasteiger partial charge in [0.15, 0.2) is 0 Å². The van der Waals surface area contributed by atoms with E-state index in [1.54, 1.807) is 29.2 Å². The van der Waals surface area contributed by atoms with E-state index >= 15 is 0 Å². The van der Waals surface area contributed by atoms with Crippen molar-refractivity contribution in [2.45, 2.75) is 19.0 Å². The van der Waals surface area contributed by atoms with Crippen molar-refractivity contribution in [1.29, 1.82) is 0 Å². The minimum atomic E-state index is -4.42. The van der Waals surface area contributed by atoms with Crippen LogP contribution >= 0.6 is 0 Å². The van der Waals surface area contributed by atoms with Gasteiger partial charge in [0.25, 0.3) is 0 Å². The quantitative estimate of drug-likeness (QED) is 0.845. The molecular formula is C18H16F3N3O2. The Morgan fingerprint density at radius 3 is 1.92 bits per heavy atom. The zero-order valence-electron chi connectivity index (χ0n) is 13.6. The number of halogens is 3. The van der Waals surface area contributed by atoms with Gasteiger partial charge >= 0.3 is 12.2 Å².